The van der Waals surface area contributed by atoms with Gasteiger partial charge in [-0.1, -0.05) is 0 Å². The summed E-state index contributed by atoms with van der Waals surface area (Å²) < 4.78 is 22.3. The van der Waals surface area contributed by atoms with Crippen LogP contribution in [-0.4, -0.2) is 69.5 Å². The summed E-state index contributed by atoms with van der Waals surface area (Å²) in [7, 11) is -2.95. The van der Waals surface area contributed by atoms with Crippen molar-refractivity contribution >= 4 is 15.8 Å². The lowest BCUT2D eigenvalue weighted by Crippen LogP contribution is -2.50. The minimum absolute atomic E-state index is 0.0926. The van der Waals surface area contributed by atoms with E-state index in [-0.39, 0.29) is 5.75 Å². The van der Waals surface area contributed by atoms with Gasteiger partial charge in [0.15, 0.2) is 5.96 Å². The zero-order valence-electron chi connectivity index (χ0n) is 13.7. The van der Waals surface area contributed by atoms with Crippen molar-refractivity contribution in [3.63, 3.8) is 0 Å². The van der Waals surface area contributed by atoms with Gasteiger partial charge < -0.3 is 15.5 Å². The van der Waals surface area contributed by atoms with E-state index in [0.29, 0.717) is 18.6 Å². The van der Waals surface area contributed by atoms with E-state index in [1.807, 2.05) is 6.92 Å². The van der Waals surface area contributed by atoms with Crippen molar-refractivity contribution in [1.29, 1.82) is 0 Å². The summed E-state index contributed by atoms with van der Waals surface area (Å²) in [5.74, 6) is 0.819. The normalized spacial score (nSPS) is 19.0. The molecule has 1 heterocycles. The van der Waals surface area contributed by atoms with Crippen molar-refractivity contribution in [2.75, 3.05) is 38.2 Å². The second-order valence-corrected chi connectivity index (χ2v) is 8.20. The Hall–Kier alpha value is -0.820. The molecule has 124 valence electrons. The Morgan fingerprint density at radius 1 is 1.33 bits per heavy atom. The third-order valence-corrected chi connectivity index (χ3v) is 4.60. The Morgan fingerprint density at radius 3 is 2.43 bits per heavy atom. The van der Waals surface area contributed by atoms with Gasteiger partial charge in [-0.3, -0.25) is 4.99 Å². The van der Waals surface area contributed by atoms with E-state index < -0.39 is 9.84 Å². The zero-order chi connectivity index (χ0) is 15.9. The number of hydrogen-bond donors (Lipinski definition) is 2. The highest BCUT2D eigenvalue weighted by Crippen LogP contribution is 2.12. The SMILES string of the molecule is CCNC(=NCCS(C)(=O)=O)NC1CCN(C(C)C)CC1. The van der Waals surface area contributed by atoms with Crippen LogP contribution in [0.3, 0.4) is 0 Å². The van der Waals surface area contributed by atoms with E-state index >= 15 is 0 Å². The monoisotopic (exact) mass is 318 g/mol. The van der Waals surface area contributed by atoms with Crippen molar-refractivity contribution < 1.29 is 8.42 Å². The van der Waals surface area contributed by atoms with Gasteiger partial charge in [-0.25, -0.2) is 8.42 Å². The number of guanidine groups is 1. The predicted octanol–water partition coefficient (Wildman–Crippen LogP) is 0.459. The van der Waals surface area contributed by atoms with Crippen LogP contribution < -0.4 is 10.6 Å². The molecular formula is C14H30N4O2S. The minimum atomic E-state index is -2.95. The summed E-state index contributed by atoms with van der Waals surface area (Å²) in [6, 6.07) is 1.01. The van der Waals surface area contributed by atoms with Crippen molar-refractivity contribution in [3.05, 3.63) is 0 Å². The van der Waals surface area contributed by atoms with Gasteiger partial charge in [-0.05, 0) is 33.6 Å². The molecule has 1 saturated heterocycles. The first-order valence-electron chi connectivity index (χ1n) is 7.78. The summed E-state index contributed by atoms with van der Waals surface area (Å²) in [5, 5.41) is 6.60. The zero-order valence-corrected chi connectivity index (χ0v) is 14.5. The third-order valence-electron chi connectivity index (χ3n) is 3.68. The molecule has 1 rings (SSSR count). The van der Waals surface area contributed by atoms with Crippen molar-refractivity contribution in [3.8, 4) is 0 Å². The summed E-state index contributed by atoms with van der Waals surface area (Å²) in [4.78, 5) is 6.83. The van der Waals surface area contributed by atoms with Crippen LogP contribution in [0.4, 0.5) is 0 Å². The first-order chi connectivity index (χ1) is 9.81. The topological polar surface area (TPSA) is 73.8 Å². The van der Waals surface area contributed by atoms with E-state index in [2.05, 4.69) is 34.4 Å². The second-order valence-electron chi connectivity index (χ2n) is 5.94. The molecule has 0 unspecified atom stereocenters. The fourth-order valence-corrected chi connectivity index (χ4v) is 2.82. The fraction of sp³-hybridized carbons (Fsp3) is 0.929. The van der Waals surface area contributed by atoms with Gasteiger partial charge in [0.1, 0.15) is 9.84 Å². The van der Waals surface area contributed by atoms with Crippen molar-refractivity contribution in [2.45, 2.75) is 45.7 Å². The van der Waals surface area contributed by atoms with Crippen molar-refractivity contribution in [2.24, 2.45) is 4.99 Å². The fourth-order valence-electron chi connectivity index (χ4n) is 2.40. The van der Waals surface area contributed by atoms with E-state index in [9.17, 15) is 8.42 Å². The Kier molecular flexibility index (Phi) is 7.45. The first-order valence-corrected chi connectivity index (χ1v) is 9.84. The number of nitrogens with zero attached hydrogens (tertiary/aromatic N) is 2. The van der Waals surface area contributed by atoms with Gasteiger partial charge in [-0.15, -0.1) is 0 Å². The highest BCUT2D eigenvalue weighted by molar-refractivity contribution is 7.90. The highest BCUT2D eigenvalue weighted by atomic mass is 32.2. The molecule has 0 aromatic carbocycles. The molecular weight excluding hydrogens is 288 g/mol. The molecule has 0 saturated carbocycles. The number of piperidine rings is 1. The molecule has 0 aliphatic carbocycles. The smallest absolute Gasteiger partial charge is 0.191 e. The average Bonchev–Trinajstić information content (AvgIpc) is 2.38. The summed E-state index contributed by atoms with van der Waals surface area (Å²) in [6.07, 6.45) is 3.42. The molecule has 2 N–H and O–H groups in total. The summed E-state index contributed by atoms with van der Waals surface area (Å²) in [5.41, 5.74) is 0. The molecule has 1 fully saturated rings. The number of likely N-dealkylation sites (tertiary alicyclic amines) is 1. The molecule has 0 aromatic heterocycles. The van der Waals surface area contributed by atoms with Crippen LogP contribution in [0.2, 0.25) is 0 Å². The second kappa shape index (κ2) is 8.58. The molecule has 1 aliphatic rings. The number of aliphatic imine (C=N–C) groups is 1. The van der Waals surface area contributed by atoms with E-state index in [1.54, 1.807) is 0 Å². The average molecular weight is 318 g/mol. The molecule has 0 bridgehead atoms. The van der Waals surface area contributed by atoms with E-state index in [0.717, 1.165) is 38.4 Å². The van der Waals surface area contributed by atoms with Gasteiger partial charge in [0.25, 0.3) is 0 Å². The van der Waals surface area contributed by atoms with Gasteiger partial charge >= 0.3 is 0 Å². The molecule has 6 nitrogen and oxygen atoms in total. The molecule has 7 heteroatoms. The Morgan fingerprint density at radius 2 is 1.95 bits per heavy atom. The van der Waals surface area contributed by atoms with Crippen LogP contribution in [0, 0.1) is 0 Å². The molecule has 0 aromatic rings. The quantitative estimate of drug-likeness (QED) is 0.550. The molecule has 1 aliphatic heterocycles. The number of hydrogen-bond acceptors (Lipinski definition) is 4. The molecule has 21 heavy (non-hydrogen) atoms. The molecule has 0 amide bonds. The van der Waals surface area contributed by atoms with Gasteiger partial charge in [0.2, 0.25) is 0 Å². The highest BCUT2D eigenvalue weighted by Gasteiger charge is 2.21. The molecule has 0 atom stereocenters. The van der Waals surface area contributed by atoms with Crippen LogP contribution in [0.1, 0.15) is 33.6 Å². The third kappa shape index (κ3) is 7.66. The van der Waals surface area contributed by atoms with Crippen LogP contribution >= 0.6 is 0 Å². The van der Waals surface area contributed by atoms with Crippen LogP contribution in [-0.2, 0) is 9.84 Å². The summed E-state index contributed by atoms with van der Waals surface area (Å²) >= 11 is 0. The standard InChI is InChI=1S/C14H30N4O2S/c1-5-15-14(16-8-11-21(4,19)20)17-13-6-9-18(10-7-13)12(2)3/h12-13H,5-11H2,1-4H3,(H2,15,16,17). The lowest BCUT2D eigenvalue weighted by Gasteiger charge is -2.35. The summed E-state index contributed by atoms with van der Waals surface area (Å²) in [6.45, 7) is 9.73. The minimum Gasteiger partial charge on any atom is -0.357 e. The van der Waals surface area contributed by atoms with E-state index in [1.165, 1.54) is 6.26 Å². The molecule has 0 radical (unpaired) electrons. The van der Waals surface area contributed by atoms with Gasteiger partial charge in [-0.2, -0.15) is 0 Å². The van der Waals surface area contributed by atoms with Gasteiger partial charge in [0.05, 0.1) is 12.3 Å². The van der Waals surface area contributed by atoms with Crippen LogP contribution in [0.5, 0.6) is 0 Å². The van der Waals surface area contributed by atoms with E-state index in [4.69, 9.17) is 0 Å². The van der Waals surface area contributed by atoms with Crippen LogP contribution in [0.25, 0.3) is 0 Å². The van der Waals surface area contributed by atoms with Crippen molar-refractivity contribution in [1.82, 2.24) is 15.5 Å². The molecule has 0 spiro atoms. The maximum absolute atomic E-state index is 11.1. The number of nitrogens with one attached hydrogen (secondary N) is 2. The maximum atomic E-state index is 11.1. The lowest BCUT2D eigenvalue weighted by molar-refractivity contribution is 0.167. The first kappa shape index (κ1) is 18.2. The lowest BCUT2D eigenvalue weighted by atomic mass is 10.0. The maximum Gasteiger partial charge on any atom is 0.191 e. The van der Waals surface area contributed by atoms with Crippen LogP contribution in [0.15, 0.2) is 4.99 Å². The number of rotatable bonds is 6. The predicted molar refractivity (Wildman–Crippen MR) is 88.6 cm³/mol. The van der Waals surface area contributed by atoms with Gasteiger partial charge in [0, 0.05) is 38.0 Å². The Labute approximate surface area is 129 Å². The Balaban J connectivity index is 2.46. The largest absolute Gasteiger partial charge is 0.357 e. The Bertz CT molecular complexity index is 426. The number of sulfone groups is 1.